The predicted octanol–water partition coefficient (Wildman–Crippen LogP) is 5.69. The summed E-state index contributed by atoms with van der Waals surface area (Å²) in [4.78, 5) is 35.0. The zero-order valence-electron chi connectivity index (χ0n) is 24.5. The molecule has 1 N–H and O–H groups in total. The molecule has 5 rings (SSSR count). The smallest absolute Gasteiger partial charge is 0.290 e. The van der Waals surface area contributed by atoms with Gasteiger partial charge >= 0.3 is 0 Å². The van der Waals surface area contributed by atoms with Gasteiger partial charge in [0, 0.05) is 62.2 Å². The van der Waals surface area contributed by atoms with E-state index in [4.69, 9.17) is 4.42 Å². The summed E-state index contributed by atoms with van der Waals surface area (Å²) >= 11 is 0. The number of amides is 2. The summed E-state index contributed by atoms with van der Waals surface area (Å²) in [6.45, 7) is 6.45. The quantitative estimate of drug-likeness (QED) is 0.358. The molecular formula is C32H35F3N4O4. The molecule has 1 saturated heterocycles. The molecule has 0 bridgehead atoms. The molecule has 8 nitrogen and oxygen atoms in total. The van der Waals surface area contributed by atoms with Gasteiger partial charge in [-0.3, -0.25) is 9.59 Å². The summed E-state index contributed by atoms with van der Waals surface area (Å²) in [7, 11) is 0. The lowest BCUT2D eigenvalue weighted by atomic mass is 9.63. The van der Waals surface area contributed by atoms with E-state index in [1.807, 2.05) is 26.8 Å². The number of furan rings is 1. The molecule has 3 aromatic rings. The maximum absolute atomic E-state index is 14.1. The standard InChI is InChI=1S/C32H35F3N4O4/c1-4-5-21(10-13-40)28(41)38-11-12-39(30(2,3)19-38)29(42)26-15-25-27(43-26)23(31(18-36)16-32(34,35)17-31)14-24(37-25)20-6-8-22(33)9-7-20/h6-9,14-15,21,40H,4-5,10-13,16-17,19H2,1-3H3/t21-/m1/s1. The van der Waals surface area contributed by atoms with E-state index in [0.717, 1.165) is 6.42 Å². The first-order chi connectivity index (χ1) is 20.3. The molecule has 1 aliphatic heterocycles. The highest BCUT2D eigenvalue weighted by atomic mass is 19.3. The molecule has 1 aliphatic carbocycles. The van der Waals surface area contributed by atoms with Crippen LogP contribution in [0.15, 0.2) is 40.8 Å². The van der Waals surface area contributed by atoms with Crippen molar-refractivity contribution in [3.8, 4) is 17.3 Å². The Kier molecular flexibility index (Phi) is 8.03. The molecule has 2 amide bonds. The van der Waals surface area contributed by atoms with Crippen LogP contribution in [0.2, 0.25) is 0 Å². The van der Waals surface area contributed by atoms with Gasteiger partial charge in [0.05, 0.1) is 22.7 Å². The molecule has 11 heteroatoms. The number of piperazine rings is 1. The normalized spacial score (nSPS) is 19.5. The van der Waals surface area contributed by atoms with Crippen LogP contribution >= 0.6 is 0 Å². The summed E-state index contributed by atoms with van der Waals surface area (Å²) in [5.41, 5.74) is -0.921. The summed E-state index contributed by atoms with van der Waals surface area (Å²) in [5, 5.41) is 19.5. The number of fused-ring (bicyclic) bond motifs is 1. The number of nitrogens with zero attached hydrogens (tertiary/aromatic N) is 4. The number of hydrogen-bond donors (Lipinski definition) is 1. The first kappa shape index (κ1) is 30.5. The van der Waals surface area contributed by atoms with Gasteiger partial charge in [0.15, 0.2) is 11.3 Å². The fraction of sp³-hybridized carbons (Fsp3) is 0.500. The van der Waals surface area contributed by atoms with Crippen molar-refractivity contribution >= 4 is 22.9 Å². The number of halogens is 3. The SMILES string of the molecule is CCC[C@H](CCO)C(=O)N1CCN(C(=O)c2cc3nc(-c4ccc(F)cc4)cc(C4(C#N)CC(F)(F)C4)c3o2)C(C)(C)C1. The third-order valence-corrected chi connectivity index (χ3v) is 8.60. The number of alkyl halides is 2. The van der Waals surface area contributed by atoms with Crippen molar-refractivity contribution in [1.82, 2.24) is 14.8 Å². The van der Waals surface area contributed by atoms with Crippen LogP contribution in [0, 0.1) is 23.1 Å². The number of benzene rings is 1. The van der Waals surface area contributed by atoms with E-state index in [1.54, 1.807) is 9.80 Å². The molecule has 1 atom stereocenters. The number of nitriles is 1. The molecule has 0 radical (unpaired) electrons. The minimum absolute atomic E-state index is 0.0407. The summed E-state index contributed by atoms with van der Waals surface area (Å²) in [6, 6.07) is 10.5. The minimum atomic E-state index is -3.01. The summed E-state index contributed by atoms with van der Waals surface area (Å²) in [6.07, 6.45) is 0.482. The van der Waals surface area contributed by atoms with Gasteiger partial charge in [-0.15, -0.1) is 0 Å². The van der Waals surface area contributed by atoms with E-state index < -0.39 is 41.4 Å². The Morgan fingerprint density at radius 2 is 1.84 bits per heavy atom. The fourth-order valence-corrected chi connectivity index (χ4v) is 6.42. The van der Waals surface area contributed by atoms with Crippen LogP contribution in [0.5, 0.6) is 0 Å². The maximum atomic E-state index is 14.1. The molecular weight excluding hydrogens is 561 g/mol. The molecule has 2 fully saturated rings. The van der Waals surface area contributed by atoms with Crippen molar-refractivity contribution in [2.45, 2.75) is 69.8 Å². The minimum Gasteiger partial charge on any atom is -0.449 e. The van der Waals surface area contributed by atoms with E-state index in [-0.39, 0.29) is 53.9 Å². The Morgan fingerprint density at radius 3 is 2.42 bits per heavy atom. The average molecular weight is 597 g/mol. The van der Waals surface area contributed by atoms with Gasteiger partial charge in [-0.25, -0.2) is 18.2 Å². The Balaban J connectivity index is 1.49. The largest absolute Gasteiger partial charge is 0.449 e. The zero-order chi connectivity index (χ0) is 31.2. The van der Waals surface area contributed by atoms with Crippen molar-refractivity contribution in [2.24, 2.45) is 5.92 Å². The Labute approximate surface area is 248 Å². The van der Waals surface area contributed by atoms with Gasteiger partial charge < -0.3 is 19.3 Å². The number of rotatable bonds is 8. The lowest BCUT2D eigenvalue weighted by Gasteiger charge is -2.47. The molecule has 1 aromatic carbocycles. The van der Waals surface area contributed by atoms with Crippen LogP contribution < -0.4 is 0 Å². The van der Waals surface area contributed by atoms with Gasteiger partial charge in [0.1, 0.15) is 11.3 Å². The second kappa shape index (κ2) is 11.3. The Hall–Kier alpha value is -3.91. The molecule has 228 valence electrons. The molecule has 2 aliphatic rings. The number of aliphatic hydroxyl groups excluding tert-OH is 1. The molecule has 2 aromatic heterocycles. The Bertz CT molecular complexity index is 1560. The second-order valence-electron chi connectivity index (χ2n) is 12.3. The number of hydrogen-bond acceptors (Lipinski definition) is 6. The molecule has 43 heavy (non-hydrogen) atoms. The van der Waals surface area contributed by atoms with Crippen LogP contribution in [0.4, 0.5) is 13.2 Å². The highest BCUT2D eigenvalue weighted by Gasteiger charge is 2.59. The van der Waals surface area contributed by atoms with Crippen LogP contribution in [-0.2, 0) is 10.2 Å². The van der Waals surface area contributed by atoms with Gasteiger partial charge in [-0.05, 0) is 57.0 Å². The number of aromatic nitrogens is 1. The lowest BCUT2D eigenvalue weighted by Crippen LogP contribution is -2.62. The van der Waals surface area contributed by atoms with Crippen molar-refractivity contribution < 1.29 is 32.3 Å². The van der Waals surface area contributed by atoms with Gasteiger partial charge in [0.25, 0.3) is 11.8 Å². The van der Waals surface area contributed by atoms with Crippen LogP contribution in [0.1, 0.15) is 69.0 Å². The zero-order valence-corrected chi connectivity index (χ0v) is 24.5. The fourth-order valence-electron chi connectivity index (χ4n) is 6.42. The highest BCUT2D eigenvalue weighted by Crippen LogP contribution is 2.55. The van der Waals surface area contributed by atoms with E-state index >= 15 is 0 Å². The first-order valence-electron chi connectivity index (χ1n) is 14.5. The van der Waals surface area contributed by atoms with Crippen molar-refractivity contribution in [3.63, 3.8) is 0 Å². The first-order valence-corrected chi connectivity index (χ1v) is 14.5. The number of carbonyl (C=O) groups excluding carboxylic acids is 2. The predicted molar refractivity (Wildman–Crippen MR) is 153 cm³/mol. The highest BCUT2D eigenvalue weighted by molar-refractivity contribution is 5.97. The van der Waals surface area contributed by atoms with Crippen molar-refractivity contribution in [1.29, 1.82) is 5.26 Å². The van der Waals surface area contributed by atoms with E-state index in [2.05, 4.69) is 4.98 Å². The van der Waals surface area contributed by atoms with Crippen LogP contribution in [0.25, 0.3) is 22.4 Å². The second-order valence-corrected chi connectivity index (χ2v) is 12.3. The molecule has 1 saturated carbocycles. The summed E-state index contributed by atoms with van der Waals surface area (Å²) in [5.74, 6) is -4.30. The number of aliphatic hydroxyl groups is 1. The Morgan fingerprint density at radius 1 is 1.14 bits per heavy atom. The van der Waals surface area contributed by atoms with E-state index in [1.165, 1.54) is 36.4 Å². The number of carbonyl (C=O) groups is 2. The monoisotopic (exact) mass is 596 g/mol. The van der Waals surface area contributed by atoms with Crippen LogP contribution in [-0.4, -0.2) is 69.4 Å². The van der Waals surface area contributed by atoms with Crippen molar-refractivity contribution in [3.05, 3.63) is 53.5 Å². The molecule has 0 unspecified atom stereocenters. The summed E-state index contributed by atoms with van der Waals surface area (Å²) < 4.78 is 47.9. The average Bonchev–Trinajstić information content (AvgIpc) is 3.38. The molecule has 3 heterocycles. The number of pyridine rings is 1. The lowest BCUT2D eigenvalue weighted by molar-refractivity contribution is -0.140. The van der Waals surface area contributed by atoms with Crippen LogP contribution in [0.3, 0.4) is 0 Å². The van der Waals surface area contributed by atoms with E-state index in [9.17, 15) is 33.1 Å². The van der Waals surface area contributed by atoms with Gasteiger partial charge in [0.2, 0.25) is 5.91 Å². The maximum Gasteiger partial charge on any atom is 0.290 e. The third-order valence-electron chi connectivity index (χ3n) is 8.60. The van der Waals surface area contributed by atoms with Crippen molar-refractivity contribution in [2.75, 3.05) is 26.2 Å². The van der Waals surface area contributed by atoms with Gasteiger partial charge in [-0.2, -0.15) is 5.26 Å². The molecule has 0 spiro atoms. The van der Waals surface area contributed by atoms with Gasteiger partial charge in [-0.1, -0.05) is 13.3 Å². The third kappa shape index (κ3) is 5.73. The topological polar surface area (TPSA) is 111 Å². The van der Waals surface area contributed by atoms with E-state index in [0.29, 0.717) is 30.6 Å².